The van der Waals surface area contributed by atoms with Gasteiger partial charge in [0.1, 0.15) is 6.29 Å². The SMILES string of the molecule is CCC[C@@]12CC[C@@](CC)(O1)[C@@H](C(=O)Nc1ccc(C#N)c3ccccc13)[C@H]2C=O. The number of nitriles is 1. The van der Waals surface area contributed by atoms with E-state index < -0.39 is 23.0 Å². The van der Waals surface area contributed by atoms with Gasteiger partial charge < -0.3 is 14.8 Å². The van der Waals surface area contributed by atoms with E-state index in [0.29, 0.717) is 17.7 Å². The van der Waals surface area contributed by atoms with E-state index in [1.165, 1.54) is 0 Å². The number of nitrogens with zero attached hydrogens (tertiary/aromatic N) is 1. The van der Waals surface area contributed by atoms with E-state index in [9.17, 15) is 14.9 Å². The van der Waals surface area contributed by atoms with Gasteiger partial charge in [-0.2, -0.15) is 5.26 Å². The Balaban J connectivity index is 1.71. The first-order chi connectivity index (χ1) is 14.0. The summed E-state index contributed by atoms with van der Waals surface area (Å²) < 4.78 is 6.50. The summed E-state index contributed by atoms with van der Waals surface area (Å²) in [5.41, 5.74) is 0.140. The van der Waals surface area contributed by atoms with Crippen LogP contribution in [0.1, 0.15) is 51.5 Å². The molecule has 4 rings (SSSR count). The Morgan fingerprint density at radius 3 is 2.59 bits per heavy atom. The number of amides is 1. The average Bonchev–Trinajstić information content (AvgIpc) is 3.25. The van der Waals surface area contributed by atoms with Crippen molar-refractivity contribution in [2.75, 3.05) is 5.32 Å². The standard InChI is InChI=1S/C24H26N2O3/c1-3-11-24-13-12-23(4-2,29-24)21(19(24)15-27)22(28)26-20-10-9-16(14-25)17-7-5-6-8-18(17)20/h5-10,15,19,21H,3-4,11-13H2,1-2H3,(H,26,28)/t19-,21-,23-,24+/m1/s1. The van der Waals surface area contributed by atoms with Gasteiger partial charge in [-0.1, -0.05) is 44.5 Å². The Labute approximate surface area is 171 Å². The second kappa shape index (κ2) is 7.27. The van der Waals surface area contributed by atoms with Crippen LogP contribution >= 0.6 is 0 Å². The molecule has 2 bridgehead atoms. The van der Waals surface area contributed by atoms with Gasteiger partial charge in [0.25, 0.3) is 0 Å². The number of fused-ring (bicyclic) bond motifs is 3. The lowest BCUT2D eigenvalue weighted by atomic mass is 9.64. The molecule has 2 saturated heterocycles. The number of aldehydes is 1. The van der Waals surface area contributed by atoms with Crippen LogP contribution in [0.2, 0.25) is 0 Å². The largest absolute Gasteiger partial charge is 0.367 e. The van der Waals surface area contributed by atoms with Crippen molar-refractivity contribution in [1.29, 1.82) is 5.26 Å². The summed E-state index contributed by atoms with van der Waals surface area (Å²) in [6.07, 6.45) is 4.99. The number of ether oxygens (including phenoxy) is 1. The van der Waals surface area contributed by atoms with Crippen LogP contribution in [0.4, 0.5) is 5.69 Å². The van der Waals surface area contributed by atoms with E-state index in [4.69, 9.17) is 4.74 Å². The van der Waals surface area contributed by atoms with Crippen molar-refractivity contribution in [3.63, 3.8) is 0 Å². The van der Waals surface area contributed by atoms with Crippen molar-refractivity contribution >= 4 is 28.7 Å². The number of carbonyl (C=O) groups is 2. The summed E-state index contributed by atoms with van der Waals surface area (Å²) in [5.74, 6) is -1.10. The highest BCUT2D eigenvalue weighted by molar-refractivity contribution is 6.05. The van der Waals surface area contributed by atoms with Gasteiger partial charge in [-0.05, 0) is 37.8 Å². The van der Waals surface area contributed by atoms with Gasteiger partial charge in [-0.15, -0.1) is 0 Å². The zero-order valence-corrected chi connectivity index (χ0v) is 16.9. The number of rotatable bonds is 6. The molecule has 5 nitrogen and oxygen atoms in total. The van der Waals surface area contributed by atoms with Crippen LogP contribution in [0.25, 0.3) is 10.8 Å². The third kappa shape index (κ3) is 2.86. The molecule has 0 aromatic heterocycles. The van der Waals surface area contributed by atoms with Crippen molar-refractivity contribution < 1.29 is 14.3 Å². The molecule has 0 unspecified atom stereocenters. The number of nitrogens with one attached hydrogen (secondary N) is 1. The number of benzene rings is 2. The molecule has 0 aliphatic carbocycles. The van der Waals surface area contributed by atoms with Crippen LogP contribution in [0, 0.1) is 23.2 Å². The fraction of sp³-hybridized carbons (Fsp3) is 0.458. The first-order valence-corrected chi connectivity index (χ1v) is 10.4. The molecule has 2 fully saturated rings. The van der Waals surface area contributed by atoms with Gasteiger partial charge in [-0.3, -0.25) is 4.79 Å². The quantitative estimate of drug-likeness (QED) is 0.732. The van der Waals surface area contributed by atoms with Crippen molar-refractivity contribution in [1.82, 2.24) is 0 Å². The lowest BCUT2D eigenvalue weighted by molar-refractivity contribution is -0.129. The van der Waals surface area contributed by atoms with Gasteiger partial charge in [0.2, 0.25) is 5.91 Å². The summed E-state index contributed by atoms with van der Waals surface area (Å²) in [6.45, 7) is 4.12. The third-order valence-corrected chi connectivity index (χ3v) is 6.91. The molecular formula is C24H26N2O3. The zero-order chi connectivity index (χ0) is 20.6. The van der Waals surface area contributed by atoms with Crippen molar-refractivity contribution in [2.24, 2.45) is 11.8 Å². The van der Waals surface area contributed by atoms with E-state index >= 15 is 0 Å². The lowest BCUT2D eigenvalue weighted by Gasteiger charge is -2.35. The Morgan fingerprint density at radius 1 is 1.21 bits per heavy atom. The Hall–Kier alpha value is -2.71. The molecule has 2 aliphatic heterocycles. The van der Waals surface area contributed by atoms with Gasteiger partial charge in [-0.25, -0.2) is 0 Å². The molecule has 5 heteroatoms. The van der Waals surface area contributed by atoms with E-state index in [2.05, 4.69) is 18.3 Å². The summed E-state index contributed by atoms with van der Waals surface area (Å²) in [6, 6.07) is 13.2. The molecule has 2 aliphatic rings. The fourth-order valence-electron chi connectivity index (χ4n) is 5.57. The molecule has 150 valence electrons. The summed E-state index contributed by atoms with van der Waals surface area (Å²) in [5, 5.41) is 14.1. The number of carbonyl (C=O) groups excluding carboxylic acids is 2. The maximum atomic E-state index is 13.5. The van der Waals surface area contributed by atoms with E-state index in [1.54, 1.807) is 12.1 Å². The molecule has 1 amide bonds. The lowest BCUT2D eigenvalue weighted by Crippen LogP contribution is -2.47. The van der Waals surface area contributed by atoms with Crippen LogP contribution in [-0.4, -0.2) is 23.4 Å². The molecular weight excluding hydrogens is 364 g/mol. The first kappa shape index (κ1) is 19.6. The van der Waals surface area contributed by atoms with Crippen molar-refractivity contribution in [2.45, 2.75) is 57.2 Å². The summed E-state index contributed by atoms with van der Waals surface area (Å²) in [7, 11) is 0. The van der Waals surface area contributed by atoms with Crippen LogP contribution in [0.15, 0.2) is 36.4 Å². The molecule has 1 N–H and O–H groups in total. The summed E-state index contributed by atoms with van der Waals surface area (Å²) in [4.78, 5) is 25.6. The third-order valence-electron chi connectivity index (χ3n) is 6.91. The van der Waals surface area contributed by atoms with Crippen LogP contribution in [0.5, 0.6) is 0 Å². The van der Waals surface area contributed by atoms with Gasteiger partial charge in [0, 0.05) is 16.5 Å². The minimum absolute atomic E-state index is 0.170. The van der Waals surface area contributed by atoms with E-state index in [1.807, 2.05) is 31.2 Å². The number of hydrogen-bond acceptors (Lipinski definition) is 4. The fourth-order valence-corrected chi connectivity index (χ4v) is 5.57. The molecule has 2 aromatic rings. The van der Waals surface area contributed by atoms with Crippen LogP contribution < -0.4 is 5.32 Å². The number of hydrogen-bond donors (Lipinski definition) is 1. The van der Waals surface area contributed by atoms with Crippen LogP contribution in [-0.2, 0) is 14.3 Å². The maximum absolute atomic E-state index is 13.5. The minimum Gasteiger partial charge on any atom is -0.367 e. The second-order valence-corrected chi connectivity index (χ2v) is 8.28. The predicted molar refractivity (Wildman–Crippen MR) is 111 cm³/mol. The highest BCUT2D eigenvalue weighted by Crippen LogP contribution is 2.60. The topological polar surface area (TPSA) is 79.2 Å². The highest BCUT2D eigenvalue weighted by atomic mass is 16.5. The smallest absolute Gasteiger partial charge is 0.231 e. The zero-order valence-electron chi connectivity index (χ0n) is 16.9. The molecule has 2 heterocycles. The molecule has 0 saturated carbocycles. The van der Waals surface area contributed by atoms with Crippen molar-refractivity contribution in [3.8, 4) is 6.07 Å². The molecule has 4 atom stereocenters. The van der Waals surface area contributed by atoms with Crippen LogP contribution in [0.3, 0.4) is 0 Å². The second-order valence-electron chi connectivity index (χ2n) is 8.28. The summed E-state index contributed by atoms with van der Waals surface area (Å²) >= 11 is 0. The first-order valence-electron chi connectivity index (χ1n) is 10.4. The van der Waals surface area contributed by atoms with E-state index in [0.717, 1.165) is 42.7 Å². The normalized spacial score (nSPS) is 30.2. The molecule has 2 aromatic carbocycles. The Bertz CT molecular complexity index is 1010. The molecule has 0 radical (unpaired) electrons. The Kier molecular flexibility index (Phi) is 4.92. The highest BCUT2D eigenvalue weighted by Gasteiger charge is 2.67. The van der Waals surface area contributed by atoms with E-state index in [-0.39, 0.29) is 5.91 Å². The maximum Gasteiger partial charge on any atom is 0.231 e. The Morgan fingerprint density at radius 2 is 1.93 bits per heavy atom. The predicted octanol–water partition coefficient (Wildman–Crippen LogP) is 4.59. The van der Waals surface area contributed by atoms with Gasteiger partial charge in [0.15, 0.2) is 0 Å². The minimum atomic E-state index is -0.576. The monoisotopic (exact) mass is 390 g/mol. The number of anilines is 1. The van der Waals surface area contributed by atoms with Crippen molar-refractivity contribution in [3.05, 3.63) is 42.0 Å². The molecule has 0 spiro atoms. The van der Waals surface area contributed by atoms with Gasteiger partial charge in [0.05, 0.1) is 34.7 Å². The average molecular weight is 390 g/mol. The molecule has 29 heavy (non-hydrogen) atoms. The van der Waals surface area contributed by atoms with Gasteiger partial charge >= 0.3 is 0 Å².